The van der Waals surface area contributed by atoms with Crippen molar-refractivity contribution in [1.29, 1.82) is 0 Å². The quantitative estimate of drug-likeness (QED) is 0.905. The van der Waals surface area contributed by atoms with E-state index in [9.17, 15) is 9.90 Å². The first-order valence-electron chi connectivity index (χ1n) is 6.98. The van der Waals surface area contributed by atoms with Crippen molar-refractivity contribution in [3.63, 3.8) is 0 Å². The molecule has 1 aliphatic rings. The number of aromatic carboxylic acids is 1. The van der Waals surface area contributed by atoms with Crippen LogP contribution < -0.4 is 5.32 Å². The number of anilines is 1. The number of fused-ring (bicyclic) bond motifs is 1. The lowest BCUT2D eigenvalue weighted by Gasteiger charge is -2.30. The van der Waals surface area contributed by atoms with Crippen molar-refractivity contribution in [2.24, 2.45) is 0 Å². The number of carbonyl (C=O) groups is 1. The maximum absolute atomic E-state index is 11.3. The number of rotatable bonds is 3. The predicted molar refractivity (Wildman–Crippen MR) is 83.3 cm³/mol. The molecule has 1 unspecified atom stereocenters. The summed E-state index contributed by atoms with van der Waals surface area (Å²) in [5.74, 6) is -0.152. The summed E-state index contributed by atoms with van der Waals surface area (Å²) in [4.78, 5) is 23.2. The highest BCUT2D eigenvalue weighted by Crippen LogP contribution is 2.33. The minimum absolute atomic E-state index is 0.342. The highest BCUT2D eigenvalue weighted by molar-refractivity contribution is 7.20. The fourth-order valence-electron chi connectivity index (χ4n) is 2.86. The van der Waals surface area contributed by atoms with Gasteiger partial charge in [0.05, 0.1) is 5.39 Å². The standard InChI is InChI=1S/C14H18N4O2S/c1-8-10-12(17-9-4-3-5-18(2)6-9)15-7-16-13(10)21-11(8)14(19)20/h7,9H,3-6H2,1-2H3,(H,19,20)(H,15,16,17). The highest BCUT2D eigenvalue weighted by Gasteiger charge is 2.22. The van der Waals surface area contributed by atoms with Gasteiger partial charge in [-0.25, -0.2) is 14.8 Å². The Kier molecular flexibility index (Phi) is 3.77. The molecule has 2 aromatic heterocycles. The Labute approximate surface area is 126 Å². The molecule has 0 bridgehead atoms. The van der Waals surface area contributed by atoms with Crippen molar-refractivity contribution < 1.29 is 9.90 Å². The maximum atomic E-state index is 11.3. The number of carboxylic acids is 1. The van der Waals surface area contributed by atoms with Crippen LogP contribution in [0.5, 0.6) is 0 Å². The highest BCUT2D eigenvalue weighted by atomic mass is 32.1. The third kappa shape index (κ3) is 2.71. The molecule has 2 aromatic rings. The van der Waals surface area contributed by atoms with E-state index >= 15 is 0 Å². The molecule has 1 fully saturated rings. The largest absolute Gasteiger partial charge is 0.477 e. The molecule has 0 saturated carbocycles. The van der Waals surface area contributed by atoms with Crippen LogP contribution >= 0.6 is 11.3 Å². The van der Waals surface area contributed by atoms with Gasteiger partial charge in [0, 0.05) is 12.6 Å². The molecule has 0 spiro atoms. The van der Waals surface area contributed by atoms with Gasteiger partial charge >= 0.3 is 5.97 Å². The first-order chi connectivity index (χ1) is 10.1. The van der Waals surface area contributed by atoms with E-state index in [1.807, 2.05) is 6.92 Å². The molecule has 2 N–H and O–H groups in total. The number of thiophene rings is 1. The van der Waals surface area contributed by atoms with Crippen molar-refractivity contribution in [3.8, 4) is 0 Å². The van der Waals surface area contributed by atoms with Gasteiger partial charge in [-0.3, -0.25) is 0 Å². The number of likely N-dealkylation sites (tertiary alicyclic amines) is 1. The second-order valence-corrected chi connectivity index (χ2v) is 6.51. The molecule has 3 rings (SSSR count). The fourth-order valence-corrected chi connectivity index (χ4v) is 3.85. The fraction of sp³-hybridized carbons (Fsp3) is 0.500. The van der Waals surface area contributed by atoms with Crippen LogP contribution in [0.15, 0.2) is 6.33 Å². The molecule has 1 aliphatic heterocycles. The van der Waals surface area contributed by atoms with E-state index in [0.717, 1.165) is 47.5 Å². The number of likely N-dealkylation sites (N-methyl/N-ethyl adjacent to an activating group) is 1. The van der Waals surface area contributed by atoms with Crippen LogP contribution in [0.1, 0.15) is 28.1 Å². The second-order valence-electron chi connectivity index (χ2n) is 5.51. The Bertz CT molecular complexity index is 685. The van der Waals surface area contributed by atoms with E-state index in [1.54, 1.807) is 0 Å². The lowest BCUT2D eigenvalue weighted by molar-refractivity contribution is 0.0701. The number of carboxylic acid groups (broad SMARTS) is 1. The lowest BCUT2D eigenvalue weighted by Crippen LogP contribution is -2.39. The van der Waals surface area contributed by atoms with Gasteiger partial charge in [0.15, 0.2) is 0 Å². The van der Waals surface area contributed by atoms with Gasteiger partial charge in [0.1, 0.15) is 21.9 Å². The van der Waals surface area contributed by atoms with Crippen LogP contribution in [0.25, 0.3) is 10.2 Å². The number of nitrogens with one attached hydrogen (secondary N) is 1. The van der Waals surface area contributed by atoms with E-state index in [4.69, 9.17) is 0 Å². The average Bonchev–Trinajstić information content (AvgIpc) is 2.77. The van der Waals surface area contributed by atoms with E-state index in [2.05, 4.69) is 27.2 Å². The SMILES string of the molecule is Cc1c(C(=O)O)sc2ncnc(NC3CCCN(C)C3)c12. The lowest BCUT2D eigenvalue weighted by atomic mass is 10.1. The molecule has 112 valence electrons. The first-order valence-corrected chi connectivity index (χ1v) is 7.80. The Balaban J connectivity index is 1.96. The Morgan fingerprint density at radius 1 is 1.52 bits per heavy atom. The third-order valence-corrected chi connectivity index (χ3v) is 5.07. The average molecular weight is 306 g/mol. The topological polar surface area (TPSA) is 78.3 Å². The minimum Gasteiger partial charge on any atom is -0.477 e. The number of aromatic nitrogens is 2. The summed E-state index contributed by atoms with van der Waals surface area (Å²) >= 11 is 1.21. The summed E-state index contributed by atoms with van der Waals surface area (Å²) in [5, 5.41) is 13.6. The van der Waals surface area contributed by atoms with Gasteiger partial charge in [-0.05, 0) is 38.9 Å². The summed E-state index contributed by atoms with van der Waals surface area (Å²) in [5.41, 5.74) is 0.745. The maximum Gasteiger partial charge on any atom is 0.346 e. The van der Waals surface area contributed by atoms with E-state index in [0.29, 0.717) is 10.9 Å². The summed E-state index contributed by atoms with van der Waals surface area (Å²) in [6.45, 7) is 3.92. The molecule has 21 heavy (non-hydrogen) atoms. The van der Waals surface area contributed by atoms with Gasteiger partial charge in [0.25, 0.3) is 0 Å². The monoisotopic (exact) mass is 306 g/mol. The van der Waals surface area contributed by atoms with Gasteiger partial charge in [-0.1, -0.05) is 0 Å². The first kappa shape index (κ1) is 14.2. The van der Waals surface area contributed by atoms with Gasteiger partial charge in [0.2, 0.25) is 0 Å². The molecule has 0 amide bonds. The van der Waals surface area contributed by atoms with Crippen LogP contribution in [0, 0.1) is 6.92 Å². The van der Waals surface area contributed by atoms with Crippen LogP contribution in [0.4, 0.5) is 5.82 Å². The van der Waals surface area contributed by atoms with Crippen molar-refractivity contribution >= 4 is 33.3 Å². The van der Waals surface area contributed by atoms with Crippen LogP contribution in [-0.2, 0) is 0 Å². The zero-order valence-electron chi connectivity index (χ0n) is 12.1. The molecule has 0 aromatic carbocycles. The van der Waals surface area contributed by atoms with E-state index < -0.39 is 5.97 Å². The normalized spacial score (nSPS) is 19.8. The molecule has 6 nitrogen and oxygen atoms in total. The summed E-state index contributed by atoms with van der Waals surface area (Å²) in [7, 11) is 2.11. The van der Waals surface area contributed by atoms with Gasteiger partial charge < -0.3 is 15.3 Å². The van der Waals surface area contributed by atoms with E-state index in [-0.39, 0.29) is 0 Å². The number of piperidine rings is 1. The molecule has 1 atom stereocenters. The Hall–Kier alpha value is -1.73. The summed E-state index contributed by atoms with van der Waals surface area (Å²) < 4.78 is 0. The number of nitrogens with zero attached hydrogens (tertiary/aromatic N) is 3. The minimum atomic E-state index is -0.904. The van der Waals surface area contributed by atoms with Crippen LogP contribution in [0.3, 0.4) is 0 Å². The van der Waals surface area contributed by atoms with E-state index in [1.165, 1.54) is 17.7 Å². The van der Waals surface area contributed by atoms with Crippen molar-refractivity contribution in [1.82, 2.24) is 14.9 Å². The summed E-state index contributed by atoms with van der Waals surface area (Å²) in [6, 6.07) is 0.342. The van der Waals surface area contributed by atoms with Crippen LogP contribution in [0.2, 0.25) is 0 Å². The van der Waals surface area contributed by atoms with Crippen molar-refractivity contribution in [3.05, 3.63) is 16.8 Å². The van der Waals surface area contributed by atoms with Gasteiger partial charge in [-0.2, -0.15) is 0 Å². The molecule has 0 radical (unpaired) electrons. The summed E-state index contributed by atoms with van der Waals surface area (Å²) in [6.07, 6.45) is 3.76. The molecule has 0 aliphatic carbocycles. The molecular formula is C14H18N4O2S. The molecule has 7 heteroatoms. The van der Waals surface area contributed by atoms with Crippen LogP contribution in [-0.4, -0.2) is 52.1 Å². The third-order valence-electron chi connectivity index (χ3n) is 3.89. The Morgan fingerprint density at radius 2 is 2.33 bits per heavy atom. The smallest absolute Gasteiger partial charge is 0.346 e. The predicted octanol–water partition coefficient (Wildman–Crippen LogP) is 2.20. The number of hydrogen-bond acceptors (Lipinski definition) is 6. The molecule has 1 saturated heterocycles. The Morgan fingerprint density at radius 3 is 3.05 bits per heavy atom. The second kappa shape index (κ2) is 5.57. The number of aryl methyl sites for hydroxylation is 1. The van der Waals surface area contributed by atoms with Gasteiger partial charge in [-0.15, -0.1) is 11.3 Å². The van der Waals surface area contributed by atoms with Crippen molar-refractivity contribution in [2.45, 2.75) is 25.8 Å². The molecular weight excluding hydrogens is 288 g/mol. The molecule has 3 heterocycles. The number of hydrogen-bond donors (Lipinski definition) is 2. The zero-order valence-corrected chi connectivity index (χ0v) is 12.9. The zero-order chi connectivity index (χ0) is 15.0. The van der Waals surface area contributed by atoms with Crippen molar-refractivity contribution in [2.75, 3.05) is 25.5 Å².